The number of carbonyl (C=O) groups excluding carboxylic acids is 1. The van der Waals surface area contributed by atoms with Crippen LogP contribution in [0.5, 0.6) is 11.5 Å². The maximum Gasteiger partial charge on any atom is 0.222 e. The number of hydrogen-bond acceptors (Lipinski definition) is 4. The number of carbonyl (C=O) groups is 1. The smallest absolute Gasteiger partial charge is 0.222 e. The lowest BCUT2D eigenvalue weighted by Gasteiger charge is -2.47. The molecule has 1 heterocycles. The number of likely N-dealkylation sites (tertiary alicyclic amines) is 1. The van der Waals surface area contributed by atoms with E-state index in [1.165, 1.54) is 25.7 Å². The molecule has 1 amide bonds. The van der Waals surface area contributed by atoms with Crippen LogP contribution in [-0.4, -0.2) is 37.1 Å². The Hall–Kier alpha value is -2.22. The van der Waals surface area contributed by atoms with E-state index in [2.05, 4.69) is 17.9 Å². The third-order valence-corrected chi connectivity index (χ3v) is 6.14. The van der Waals surface area contributed by atoms with Crippen LogP contribution in [0.1, 0.15) is 57.4 Å². The monoisotopic (exact) mass is 370 g/mol. The van der Waals surface area contributed by atoms with Crippen molar-refractivity contribution in [3.8, 4) is 17.6 Å². The number of benzene rings is 1. The van der Waals surface area contributed by atoms with Crippen LogP contribution >= 0.6 is 0 Å². The second kappa shape index (κ2) is 9.12. The fourth-order valence-corrected chi connectivity index (χ4v) is 4.63. The van der Waals surface area contributed by atoms with E-state index in [1.54, 1.807) is 25.3 Å². The molecule has 0 N–H and O–H groups in total. The first-order valence-electron chi connectivity index (χ1n) is 10.1. The average Bonchev–Trinajstić information content (AvgIpc) is 2.71. The van der Waals surface area contributed by atoms with Gasteiger partial charge in [-0.2, -0.15) is 5.26 Å². The van der Waals surface area contributed by atoms with Crippen molar-refractivity contribution in [3.05, 3.63) is 23.8 Å². The molecule has 3 rings (SSSR count). The second-order valence-corrected chi connectivity index (χ2v) is 7.80. The minimum Gasteiger partial charge on any atom is -0.493 e. The van der Waals surface area contributed by atoms with E-state index in [0.717, 1.165) is 18.9 Å². The van der Waals surface area contributed by atoms with Crippen LogP contribution in [0.15, 0.2) is 18.2 Å². The van der Waals surface area contributed by atoms with Gasteiger partial charge in [-0.15, -0.1) is 0 Å². The third-order valence-electron chi connectivity index (χ3n) is 6.14. The first-order valence-corrected chi connectivity index (χ1v) is 10.1. The maximum absolute atomic E-state index is 12.8. The molecule has 0 radical (unpaired) electrons. The van der Waals surface area contributed by atoms with E-state index in [4.69, 9.17) is 14.7 Å². The van der Waals surface area contributed by atoms with Crippen molar-refractivity contribution in [3.63, 3.8) is 0 Å². The number of fused-ring (bicyclic) bond motifs is 1. The van der Waals surface area contributed by atoms with Gasteiger partial charge in [0, 0.05) is 25.1 Å². The summed E-state index contributed by atoms with van der Waals surface area (Å²) < 4.78 is 11.1. The molecule has 0 spiro atoms. The Balaban J connectivity index is 1.49. The Morgan fingerprint density at radius 3 is 2.85 bits per heavy atom. The van der Waals surface area contributed by atoms with Gasteiger partial charge in [0.1, 0.15) is 0 Å². The molecule has 1 aliphatic carbocycles. The van der Waals surface area contributed by atoms with Crippen molar-refractivity contribution < 1.29 is 14.3 Å². The normalized spacial score (nSPS) is 24.6. The fraction of sp³-hybridized carbons (Fsp3) is 0.636. The lowest BCUT2D eigenvalue weighted by Crippen LogP contribution is -2.52. The van der Waals surface area contributed by atoms with Crippen molar-refractivity contribution in [2.75, 3.05) is 20.3 Å². The minimum absolute atomic E-state index is 0.272. The highest BCUT2D eigenvalue weighted by Crippen LogP contribution is 2.39. The average molecular weight is 370 g/mol. The summed E-state index contributed by atoms with van der Waals surface area (Å²) in [5, 5.41) is 8.96. The summed E-state index contributed by atoms with van der Waals surface area (Å²) in [6, 6.07) is 7.66. The zero-order chi connectivity index (χ0) is 19.2. The first-order chi connectivity index (χ1) is 13.1. The van der Waals surface area contributed by atoms with Gasteiger partial charge in [-0.05, 0) is 49.7 Å². The van der Waals surface area contributed by atoms with Crippen LogP contribution in [0.3, 0.4) is 0 Å². The summed E-state index contributed by atoms with van der Waals surface area (Å²) in [4.78, 5) is 14.9. The molecule has 2 fully saturated rings. The fourth-order valence-electron chi connectivity index (χ4n) is 4.63. The van der Waals surface area contributed by atoms with Crippen molar-refractivity contribution in [2.24, 2.45) is 11.8 Å². The minimum atomic E-state index is 0.272. The van der Waals surface area contributed by atoms with Gasteiger partial charge in [0.25, 0.3) is 0 Å². The summed E-state index contributed by atoms with van der Waals surface area (Å²) in [5.41, 5.74) is 0.538. The van der Waals surface area contributed by atoms with Crippen molar-refractivity contribution in [1.82, 2.24) is 4.90 Å². The predicted octanol–water partition coefficient (Wildman–Crippen LogP) is 4.15. The van der Waals surface area contributed by atoms with Gasteiger partial charge in [-0.1, -0.05) is 19.8 Å². The molecule has 1 aromatic carbocycles. The molecular weight excluding hydrogens is 340 g/mol. The highest BCUT2D eigenvalue weighted by Gasteiger charge is 2.38. The van der Waals surface area contributed by atoms with E-state index in [-0.39, 0.29) is 5.91 Å². The molecule has 5 heteroatoms. The Bertz CT molecular complexity index is 697. The molecule has 146 valence electrons. The third kappa shape index (κ3) is 4.55. The summed E-state index contributed by atoms with van der Waals surface area (Å²) >= 11 is 0. The van der Waals surface area contributed by atoms with Gasteiger partial charge in [0.05, 0.1) is 25.3 Å². The topological polar surface area (TPSA) is 62.6 Å². The van der Waals surface area contributed by atoms with Crippen molar-refractivity contribution >= 4 is 5.91 Å². The van der Waals surface area contributed by atoms with E-state index in [9.17, 15) is 4.79 Å². The number of ether oxygens (including phenoxy) is 2. The standard InChI is InChI=1S/C22H30N2O3/c1-16-11-12-24(19-7-4-3-6-18(16)19)22(25)8-5-13-27-20-10-9-17(15-23)14-21(20)26-2/h9-10,14,16,18-19H,3-8,11-13H2,1-2H3/t16-,18+,19+/m1/s1. The second-order valence-electron chi connectivity index (χ2n) is 7.80. The summed E-state index contributed by atoms with van der Waals surface area (Å²) in [5.74, 6) is 2.87. The molecule has 1 saturated heterocycles. The number of piperidine rings is 1. The van der Waals surface area contributed by atoms with Crippen molar-refractivity contribution in [2.45, 2.75) is 57.9 Å². The molecule has 27 heavy (non-hydrogen) atoms. The van der Waals surface area contributed by atoms with Gasteiger partial charge < -0.3 is 14.4 Å². The molecule has 1 aromatic rings. The Morgan fingerprint density at radius 2 is 2.07 bits per heavy atom. The molecule has 5 nitrogen and oxygen atoms in total. The van der Waals surface area contributed by atoms with Crippen LogP contribution in [0.25, 0.3) is 0 Å². The van der Waals surface area contributed by atoms with Gasteiger partial charge in [0.15, 0.2) is 11.5 Å². The zero-order valence-corrected chi connectivity index (χ0v) is 16.4. The van der Waals surface area contributed by atoms with Crippen molar-refractivity contribution in [1.29, 1.82) is 5.26 Å². The molecule has 3 atom stereocenters. The number of rotatable bonds is 6. The molecule has 0 aromatic heterocycles. The number of amides is 1. The molecular formula is C22H30N2O3. The predicted molar refractivity (Wildman–Crippen MR) is 104 cm³/mol. The molecule has 2 aliphatic rings. The van der Waals surface area contributed by atoms with E-state index in [0.29, 0.717) is 48.5 Å². The summed E-state index contributed by atoms with van der Waals surface area (Å²) in [7, 11) is 1.56. The Labute approximate surface area is 162 Å². The molecule has 0 unspecified atom stereocenters. The number of nitriles is 1. The van der Waals surface area contributed by atoms with E-state index < -0.39 is 0 Å². The summed E-state index contributed by atoms with van der Waals surface area (Å²) in [6.07, 6.45) is 7.34. The largest absolute Gasteiger partial charge is 0.493 e. The van der Waals surface area contributed by atoms with E-state index in [1.807, 2.05) is 0 Å². The summed E-state index contributed by atoms with van der Waals surface area (Å²) in [6.45, 7) is 3.72. The van der Waals surface area contributed by atoms with E-state index >= 15 is 0 Å². The first kappa shape index (κ1) is 19.5. The van der Waals surface area contributed by atoms with Crippen LogP contribution in [0.2, 0.25) is 0 Å². The molecule has 0 bridgehead atoms. The van der Waals surface area contributed by atoms with Crippen LogP contribution in [-0.2, 0) is 4.79 Å². The van der Waals surface area contributed by atoms with Gasteiger partial charge in [-0.25, -0.2) is 0 Å². The SMILES string of the molecule is COc1cc(C#N)ccc1OCCCC(=O)N1CC[C@@H](C)[C@@H]2CCCC[C@@H]21. The molecule has 1 saturated carbocycles. The maximum atomic E-state index is 12.8. The lowest BCUT2D eigenvalue weighted by molar-refractivity contribution is -0.139. The van der Waals surface area contributed by atoms with Gasteiger partial charge in [0.2, 0.25) is 5.91 Å². The zero-order valence-electron chi connectivity index (χ0n) is 16.4. The number of nitrogens with zero attached hydrogens (tertiary/aromatic N) is 2. The number of hydrogen-bond donors (Lipinski definition) is 0. The quantitative estimate of drug-likeness (QED) is 0.706. The van der Waals surface area contributed by atoms with Gasteiger partial charge >= 0.3 is 0 Å². The van der Waals surface area contributed by atoms with Crippen LogP contribution in [0.4, 0.5) is 0 Å². The Kier molecular flexibility index (Phi) is 6.60. The highest BCUT2D eigenvalue weighted by atomic mass is 16.5. The van der Waals surface area contributed by atoms with Crippen LogP contribution < -0.4 is 9.47 Å². The lowest BCUT2D eigenvalue weighted by atomic mass is 9.72. The molecule has 1 aliphatic heterocycles. The number of methoxy groups -OCH3 is 1. The van der Waals surface area contributed by atoms with Crippen LogP contribution in [0, 0.1) is 23.2 Å². The highest BCUT2D eigenvalue weighted by molar-refractivity contribution is 5.76. The Morgan fingerprint density at radius 1 is 1.26 bits per heavy atom. The van der Waals surface area contributed by atoms with Gasteiger partial charge in [-0.3, -0.25) is 4.79 Å².